The van der Waals surface area contributed by atoms with E-state index < -0.39 is 17.4 Å². The first-order valence-corrected chi connectivity index (χ1v) is 10.9. The van der Waals surface area contributed by atoms with Gasteiger partial charge in [-0.25, -0.2) is 0 Å². The topological polar surface area (TPSA) is 85.2 Å². The van der Waals surface area contributed by atoms with Crippen molar-refractivity contribution in [2.24, 2.45) is 0 Å². The molecule has 1 aromatic carbocycles. The Kier molecular flexibility index (Phi) is 6.32. The lowest BCUT2D eigenvalue weighted by Crippen LogP contribution is -2.57. The van der Waals surface area contributed by atoms with E-state index in [0.29, 0.717) is 28.7 Å². The lowest BCUT2D eigenvalue weighted by atomic mass is 9.72. The summed E-state index contributed by atoms with van der Waals surface area (Å²) in [7, 11) is 0. The Morgan fingerprint density at radius 1 is 1.23 bits per heavy atom. The van der Waals surface area contributed by atoms with Gasteiger partial charge in [-0.2, -0.15) is 5.10 Å². The maximum atomic E-state index is 12.5. The van der Waals surface area contributed by atoms with Crippen LogP contribution in [0.5, 0.6) is 0 Å². The predicted octanol–water partition coefficient (Wildman–Crippen LogP) is 3.59. The van der Waals surface area contributed by atoms with Crippen LogP contribution in [0.15, 0.2) is 30.6 Å². The summed E-state index contributed by atoms with van der Waals surface area (Å²) in [5.41, 5.74) is 0.920. The fraction of sp³-hybridized carbons (Fsp3) is 0.476. The molecule has 1 aliphatic carbocycles. The molecule has 2 amide bonds. The van der Waals surface area contributed by atoms with E-state index in [1.165, 1.54) is 6.20 Å². The van der Waals surface area contributed by atoms with Gasteiger partial charge >= 0.3 is 11.8 Å². The molecule has 2 aliphatic rings. The van der Waals surface area contributed by atoms with Gasteiger partial charge in [0.15, 0.2) is 0 Å². The van der Waals surface area contributed by atoms with Crippen LogP contribution in [-0.2, 0) is 27.3 Å². The zero-order chi connectivity index (χ0) is 21.1. The molecule has 1 aromatic heterocycles. The van der Waals surface area contributed by atoms with E-state index in [1.54, 1.807) is 23.0 Å². The molecule has 2 aromatic rings. The first-order chi connectivity index (χ1) is 14.4. The highest BCUT2D eigenvalue weighted by atomic mass is 35.5. The highest BCUT2D eigenvalue weighted by molar-refractivity contribution is 6.39. The first-order valence-electron chi connectivity index (χ1n) is 10.1. The van der Waals surface area contributed by atoms with Gasteiger partial charge in [-0.3, -0.25) is 14.3 Å². The quantitative estimate of drug-likeness (QED) is 0.658. The Morgan fingerprint density at radius 2 is 2.07 bits per heavy atom. The minimum absolute atomic E-state index is 0.148. The number of nitrogens with zero attached hydrogens (tertiary/aromatic N) is 2. The fourth-order valence-corrected chi connectivity index (χ4v) is 4.46. The molecular weight excluding hydrogens is 427 g/mol. The number of rotatable bonds is 6. The first kappa shape index (κ1) is 21.2. The van der Waals surface area contributed by atoms with Crippen molar-refractivity contribution in [2.45, 2.75) is 56.7 Å². The van der Waals surface area contributed by atoms with Crippen LogP contribution >= 0.6 is 23.2 Å². The number of anilines is 1. The molecule has 160 valence electrons. The number of hydrogen-bond donors (Lipinski definition) is 2. The molecule has 4 rings (SSSR count). The van der Waals surface area contributed by atoms with Crippen molar-refractivity contribution >= 4 is 40.7 Å². The second-order valence-corrected chi connectivity index (χ2v) is 8.88. The number of carbonyl (C=O) groups is 2. The molecule has 1 saturated carbocycles. The summed E-state index contributed by atoms with van der Waals surface area (Å²) in [6.07, 6.45) is 8.59. The fourth-order valence-electron chi connectivity index (χ4n) is 3.99. The minimum Gasteiger partial charge on any atom is -0.376 e. The van der Waals surface area contributed by atoms with Crippen molar-refractivity contribution in [3.63, 3.8) is 0 Å². The van der Waals surface area contributed by atoms with Crippen molar-refractivity contribution in [2.75, 3.05) is 11.9 Å². The third-order valence-corrected chi connectivity index (χ3v) is 6.33. The predicted molar refractivity (Wildman–Crippen MR) is 115 cm³/mol. The van der Waals surface area contributed by atoms with Gasteiger partial charge in [0.05, 0.1) is 24.5 Å². The van der Waals surface area contributed by atoms with Crippen LogP contribution in [-0.4, -0.2) is 39.8 Å². The normalized spacial score (nSPS) is 19.9. The van der Waals surface area contributed by atoms with Gasteiger partial charge in [0.25, 0.3) is 0 Å². The number of benzene rings is 1. The average Bonchev–Trinajstić information content (AvgIpc) is 3.34. The van der Waals surface area contributed by atoms with Crippen LogP contribution in [0.3, 0.4) is 0 Å². The Labute approximate surface area is 185 Å². The Hall–Kier alpha value is -2.09. The van der Waals surface area contributed by atoms with E-state index in [1.807, 2.05) is 6.07 Å². The van der Waals surface area contributed by atoms with Crippen LogP contribution in [0.2, 0.25) is 10.0 Å². The summed E-state index contributed by atoms with van der Waals surface area (Å²) in [5, 5.41) is 10.9. The molecular formula is C21H24Cl2N4O3. The Bertz CT molecular complexity index is 936. The second-order valence-electron chi connectivity index (χ2n) is 8.04. The number of aromatic nitrogens is 2. The monoisotopic (exact) mass is 450 g/mol. The van der Waals surface area contributed by atoms with E-state index >= 15 is 0 Å². The van der Waals surface area contributed by atoms with Gasteiger partial charge in [-0.1, -0.05) is 29.3 Å². The van der Waals surface area contributed by atoms with Crippen molar-refractivity contribution < 1.29 is 14.3 Å². The van der Waals surface area contributed by atoms with Gasteiger partial charge in [-0.05, 0) is 56.2 Å². The molecule has 2 fully saturated rings. The summed E-state index contributed by atoms with van der Waals surface area (Å²) >= 11 is 12.3. The SMILES string of the molecule is O=C(Nc1cnn(CC2CCCO2)c1)C(=O)NC1(Cc2ccc(Cl)cc2Cl)CCC1. The van der Waals surface area contributed by atoms with Crippen molar-refractivity contribution in [3.05, 3.63) is 46.2 Å². The van der Waals surface area contributed by atoms with Gasteiger partial charge in [0, 0.05) is 28.4 Å². The molecule has 0 spiro atoms. The molecule has 2 heterocycles. The van der Waals surface area contributed by atoms with E-state index in [9.17, 15) is 9.59 Å². The lowest BCUT2D eigenvalue weighted by Gasteiger charge is -2.42. The third kappa shape index (κ3) is 4.96. The summed E-state index contributed by atoms with van der Waals surface area (Å²) in [6.45, 7) is 1.41. The van der Waals surface area contributed by atoms with Crippen LogP contribution in [0.1, 0.15) is 37.7 Å². The van der Waals surface area contributed by atoms with E-state index in [-0.39, 0.29) is 6.10 Å². The van der Waals surface area contributed by atoms with Crippen molar-refractivity contribution in [1.82, 2.24) is 15.1 Å². The standard InChI is InChI=1S/C21H24Cl2N4O3/c22-15-5-4-14(18(23)9-15)10-21(6-2-7-21)26-20(29)19(28)25-16-11-24-27(12-16)13-17-3-1-8-30-17/h4-5,9,11-12,17H,1-3,6-8,10,13H2,(H,25,28)(H,26,29). The number of amides is 2. The molecule has 30 heavy (non-hydrogen) atoms. The van der Waals surface area contributed by atoms with Gasteiger partial charge in [0.2, 0.25) is 0 Å². The summed E-state index contributed by atoms with van der Waals surface area (Å²) in [5.74, 6) is -1.37. The molecule has 1 saturated heterocycles. The highest BCUT2D eigenvalue weighted by Crippen LogP contribution is 2.37. The van der Waals surface area contributed by atoms with E-state index in [2.05, 4.69) is 15.7 Å². The molecule has 1 unspecified atom stereocenters. The Morgan fingerprint density at radius 3 is 2.73 bits per heavy atom. The molecule has 0 radical (unpaired) electrons. The minimum atomic E-state index is -0.708. The van der Waals surface area contributed by atoms with Gasteiger partial charge < -0.3 is 15.4 Å². The summed E-state index contributed by atoms with van der Waals surface area (Å²) < 4.78 is 7.32. The number of ether oxygens (including phenoxy) is 1. The molecule has 7 nitrogen and oxygen atoms in total. The van der Waals surface area contributed by atoms with Crippen LogP contribution in [0.4, 0.5) is 5.69 Å². The van der Waals surface area contributed by atoms with Gasteiger partial charge in [-0.15, -0.1) is 0 Å². The van der Waals surface area contributed by atoms with Crippen molar-refractivity contribution in [1.29, 1.82) is 0 Å². The highest BCUT2D eigenvalue weighted by Gasteiger charge is 2.40. The molecule has 1 atom stereocenters. The maximum Gasteiger partial charge on any atom is 0.313 e. The molecule has 1 aliphatic heterocycles. The lowest BCUT2D eigenvalue weighted by molar-refractivity contribution is -0.138. The van der Waals surface area contributed by atoms with E-state index in [0.717, 1.165) is 44.3 Å². The molecule has 2 N–H and O–H groups in total. The van der Waals surface area contributed by atoms with Gasteiger partial charge in [0.1, 0.15) is 0 Å². The summed E-state index contributed by atoms with van der Waals surface area (Å²) in [6, 6.07) is 5.32. The van der Waals surface area contributed by atoms with Crippen LogP contribution < -0.4 is 10.6 Å². The van der Waals surface area contributed by atoms with Crippen molar-refractivity contribution in [3.8, 4) is 0 Å². The number of carbonyl (C=O) groups excluding carboxylic acids is 2. The average molecular weight is 451 g/mol. The molecule has 0 bridgehead atoms. The maximum absolute atomic E-state index is 12.5. The second kappa shape index (κ2) is 8.96. The number of hydrogen-bond acceptors (Lipinski definition) is 4. The summed E-state index contributed by atoms with van der Waals surface area (Å²) in [4.78, 5) is 25.0. The van der Waals surface area contributed by atoms with Crippen LogP contribution in [0.25, 0.3) is 0 Å². The largest absolute Gasteiger partial charge is 0.376 e. The smallest absolute Gasteiger partial charge is 0.313 e. The third-order valence-electron chi connectivity index (χ3n) is 5.75. The van der Waals surface area contributed by atoms with Crippen LogP contribution in [0, 0.1) is 0 Å². The Balaban J connectivity index is 1.34. The zero-order valence-electron chi connectivity index (χ0n) is 16.5. The number of nitrogens with one attached hydrogen (secondary N) is 2. The number of halogens is 2. The zero-order valence-corrected chi connectivity index (χ0v) is 18.0. The molecule has 9 heteroatoms. The van der Waals surface area contributed by atoms with E-state index in [4.69, 9.17) is 27.9 Å².